The predicted octanol–water partition coefficient (Wildman–Crippen LogP) is 0.0767. The molecule has 3 aromatic rings. The van der Waals surface area contributed by atoms with Crippen molar-refractivity contribution in [1.29, 1.82) is 0 Å². The van der Waals surface area contributed by atoms with Crippen molar-refractivity contribution in [2.24, 2.45) is 14.1 Å². The van der Waals surface area contributed by atoms with Crippen LogP contribution in [-0.4, -0.2) is 31.5 Å². The zero-order chi connectivity index (χ0) is 21.7. The number of nitrogens with zero attached hydrogens (tertiary/aromatic N) is 4. The predicted molar refractivity (Wildman–Crippen MR) is 106 cm³/mol. The van der Waals surface area contributed by atoms with Crippen molar-refractivity contribution in [3.8, 4) is 5.75 Å². The zero-order valence-corrected chi connectivity index (χ0v) is 16.5. The first kappa shape index (κ1) is 20.8. The molecule has 0 aliphatic heterocycles. The third-order valence-electron chi connectivity index (χ3n) is 4.37. The summed E-state index contributed by atoms with van der Waals surface area (Å²) >= 11 is 0. The van der Waals surface area contributed by atoms with Crippen molar-refractivity contribution in [3.63, 3.8) is 0 Å². The Labute approximate surface area is 170 Å². The van der Waals surface area contributed by atoms with Gasteiger partial charge in [0, 0.05) is 26.2 Å². The van der Waals surface area contributed by atoms with E-state index in [1.54, 1.807) is 12.1 Å². The van der Waals surface area contributed by atoms with Gasteiger partial charge in [-0.3, -0.25) is 18.7 Å². The van der Waals surface area contributed by atoms with Crippen LogP contribution in [-0.2, 0) is 32.0 Å². The highest BCUT2D eigenvalue weighted by molar-refractivity contribution is 5.86. The van der Waals surface area contributed by atoms with E-state index in [1.807, 2.05) is 18.2 Å². The summed E-state index contributed by atoms with van der Waals surface area (Å²) in [6, 6.07) is 12.8. The summed E-state index contributed by atoms with van der Waals surface area (Å²) in [5.41, 5.74) is -1.27. The van der Waals surface area contributed by atoms with Crippen molar-refractivity contribution < 1.29 is 14.3 Å². The second-order valence-corrected chi connectivity index (χ2v) is 6.39. The Morgan fingerprint density at radius 1 is 0.967 bits per heavy atom. The standard InChI is InChI=1S/C20H20N4O6/c1-22-14(12-18(26)23(2)20(22)28)13-30-19(27)16-8-9-17(25)24(21-16)10-11-29-15-6-4-3-5-7-15/h3-9,12H,10-11,13H2,1-2H3. The van der Waals surface area contributed by atoms with Crippen LogP contribution in [0.4, 0.5) is 0 Å². The van der Waals surface area contributed by atoms with E-state index in [-0.39, 0.29) is 31.1 Å². The van der Waals surface area contributed by atoms with E-state index >= 15 is 0 Å². The summed E-state index contributed by atoms with van der Waals surface area (Å²) in [6.07, 6.45) is 0. The van der Waals surface area contributed by atoms with Crippen LogP contribution in [0.3, 0.4) is 0 Å². The number of ether oxygens (including phenoxy) is 2. The van der Waals surface area contributed by atoms with Gasteiger partial charge in [-0.2, -0.15) is 5.10 Å². The van der Waals surface area contributed by atoms with Crippen LogP contribution in [0.25, 0.3) is 0 Å². The second-order valence-electron chi connectivity index (χ2n) is 6.39. The van der Waals surface area contributed by atoms with Gasteiger partial charge in [0.2, 0.25) is 0 Å². The molecule has 10 nitrogen and oxygen atoms in total. The van der Waals surface area contributed by atoms with E-state index in [0.29, 0.717) is 5.75 Å². The Morgan fingerprint density at radius 3 is 2.43 bits per heavy atom. The van der Waals surface area contributed by atoms with Gasteiger partial charge in [-0.05, 0) is 18.2 Å². The Morgan fingerprint density at radius 2 is 1.70 bits per heavy atom. The van der Waals surface area contributed by atoms with E-state index in [2.05, 4.69) is 5.10 Å². The molecule has 0 radical (unpaired) electrons. The van der Waals surface area contributed by atoms with Crippen LogP contribution < -0.4 is 21.5 Å². The lowest BCUT2D eigenvalue weighted by molar-refractivity contribution is 0.0452. The van der Waals surface area contributed by atoms with Crippen molar-refractivity contribution in [1.82, 2.24) is 18.9 Å². The van der Waals surface area contributed by atoms with E-state index in [1.165, 1.54) is 36.9 Å². The number of esters is 1. The molecule has 0 aliphatic carbocycles. The number of rotatable bonds is 7. The van der Waals surface area contributed by atoms with Gasteiger partial charge in [0.25, 0.3) is 11.1 Å². The smallest absolute Gasteiger partial charge is 0.359 e. The fourth-order valence-corrected chi connectivity index (χ4v) is 2.61. The lowest BCUT2D eigenvalue weighted by Gasteiger charge is -2.11. The number of hydrogen-bond donors (Lipinski definition) is 0. The molecular weight excluding hydrogens is 392 g/mol. The molecule has 0 atom stereocenters. The molecular formula is C20H20N4O6. The molecule has 0 saturated heterocycles. The minimum absolute atomic E-state index is 0.0804. The van der Waals surface area contributed by atoms with Gasteiger partial charge in [-0.15, -0.1) is 0 Å². The first-order valence-corrected chi connectivity index (χ1v) is 9.06. The highest BCUT2D eigenvalue weighted by Gasteiger charge is 2.14. The molecule has 0 aliphatic rings. The summed E-state index contributed by atoms with van der Waals surface area (Å²) in [6.45, 7) is 0.0293. The third-order valence-corrected chi connectivity index (χ3v) is 4.37. The van der Waals surface area contributed by atoms with Gasteiger partial charge in [-0.25, -0.2) is 14.3 Å². The van der Waals surface area contributed by atoms with Crippen LogP contribution in [0.15, 0.2) is 62.9 Å². The fourth-order valence-electron chi connectivity index (χ4n) is 2.61. The van der Waals surface area contributed by atoms with Crippen molar-refractivity contribution in [2.75, 3.05) is 6.61 Å². The first-order valence-electron chi connectivity index (χ1n) is 9.06. The lowest BCUT2D eigenvalue weighted by Crippen LogP contribution is -2.38. The molecule has 10 heteroatoms. The first-order chi connectivity index (χ1) is 14.4. The topological polar surface area (TPSA) is 114 Å². The molecule has 0 N–H and O–H groups in total. The summed E-state index contributed by atoms with van der Waals surface area (Å²) in [5.74, 6) is -0.137. The maximum atomic E-state index is 12.3. The van der Waals surface area contributed by atoms with Gasteiger partial charge in [0.05, 0.1) is 12.2 Å². The molecule has 3 rings (SSSR count). The lowest BCUT2D eigenvalue weighted by atomic mass is 10.3. The van der Waals surface area contributed by atoms with E-state index in [0.717, 1.165) is 9.25 Å². The molecule has 2 heterocycles. The highest BCUT2D eigenvalue weighted by atomic mass is 16.5. The summed E-state index contributed by atoms with van der Waals surface area (Å²) < 4.78 is 14.0. The Hall–Kier alpha value is -3.95. The number of carbonyl (C=O) groups is 1. The summed E-state index contributed by atoms with van der Waals surface area (Å²) in [7, 11) is 2.82. The zero-order valence-electron chi connectivity index (χ0n) is 16.5. The van der Waals surface area contributed by atoms with Crippen LogP contribution in [0, 0.1) is 0 Å². The quantitative estimate of drug-likeness (QED) is 0.505. The SMILES string of the molecule is Cn1c(COC(=O)c2ccc(=O)n(CCOc3ccccc3)n2)cc(=O)n(C)c1=O. The fraction of sp³-hybridized carbons (Fsp3) is 0.250. The number of aromatic nitrogens is 4. The average Bonchev–Trinajstić information content (AvgIpc) is 2.75. The van der Waals surface area contributed by atoms with Gasteiger partial charge >= 0.3 is 11.7 Å². The number of carbonyl (C=O) groups excluding carboxylic acids is 1. The molecule has 0 spiro atoms. The minimum atomic E-state index is -0.791. The summed E-state index contributed by atoms with van der Waals surface area (Å²) in [5, 5.41) is 4.00. The molecule has 30 heavy (non-hydrogen) atoms. The second kappa shape index (κ2) is 9.03. The van der Waals surface area contributed by atoms with Crippen LogP contribution in [0.5, 0.6) is 5.75 Å². The highest BCUT2D eigenvalue weighted by Crippen LogP contribution is 2.08. The van der Waals surface area contributed by atoms with Gasteiger partial charge in [0.15, 0.2) is 5.69 Å². The molecule has 0 unspecified atom stereocenters. The van der Waals surface area contributed by atoms with Crippen LogP contribution >= 0.6 is 0 Å². The molecule has 156 valence electrons. The summed E-state index contributed by atoms with van der Waals surface area (Å²) in [4.78, 5) is 48.0. The molecule has 0 bridgehead atoms. The van der Waals surface area contributed by atoms with Crippen LogP contribution in [0.1, 0.15) is 16.2 Å². The average molecular weight is 412 g/mol. The Balaban J connectivity index is 1.67. The van der Waals surface area contributed by atoms with Crippen molar-refractivity contribution in [3.05, 3.63) is 91.1 Å². The third kappa shape index (κ3) is 4.72. The molecule has 0 amide bonds. The van der Waals surface area contributed by atoms with Crippen LogP contribution in [0.2, 0.25) is 0 Å². The molecule has 0 fully saturated rings. The number of para-hydroxylation sites is 1. The van der Waals surface area contributed by atoms with Crippen molar-refractivity contribution >= 4 is 5.97 Å². The molecule has 0 saturated carbocycles. The van der Waals surface area contributed by atoms with E-state index < -0.39 is 22.8 Å². The number of hydrogen-bond acceptors (Lipinski definition) is 7. The van der Waals surface area contributed by atoms with E-state index in [9.17, 15) is 19.2 Å². The largest absolute Gasteiger partial charge is 0.492 e. The Kier molecular flexibility index (Phi) is 6.26. The van der Waals surface area contributed by atoms with Gasteiger partial charge < -0.3 is 9.47 Å². The maximum absolute atomic E-state index is 12.3. The monoisotopic (exact) mass is 412 g/mol. The van der Waals surface area contributed by atoms with E-state index in [4.69, 9.17) is 9.47 Å². The number of benzene rings is 1. The Bertz CT molecular complexity index is 1230. The maximum Gasteiger partial charge on any atom is 0.359 e. The molecule has 1 aromatic carbocycles. The van der Waals surface area contributed by atoms with Gasteiger partial charge in [-0.1, -0.05) is 18.2 Å². The normalized spacial score (nSPS) is 10.6. The minimum Gasteiger partial charge on any atom is -0.492 e. The van der Waals surface area contributed by atoms with Crippen molar-refractivity contribution in [2.45, 2.75) is 13.2 Å². The molecule has 2 aromatic heterocycles. The van der Waals surface area contributed by atoms with Gasteiger partial charge in [0.1, 0.15) is 19.0 Å².